The molecule has 10 nitrogen and oxygen atoms in total. The van der Waals surface area contributed by atoms with Crippen LogP contribution in [0.15, 0.2) is 82.0 Å². The quantitative estimate of drug-likeness (QED) is 0.305. The summed E-state index contributed by atoms with van der Waals surface area (Å²) in [6.07, 6.45) is 3.20. The van der Waals surface area contributed by atoms with Gasteiger partial charge in [-0.3, -0.25) is 0 Å². The Balaban J connectivity index is 1.35. The van der Waals surface area contributed by atoms with Crippen molar-refractivity contribution in [3.8, 4) is 23.0 Å². The third-order valence-corrected chi connectivity index (χ3v) is 6.04. The number of hydrogen-bond donors (Lipinski definition) is 0. The van der Waals surface area contributed by atoms with E-state index in [-0.39, 0.29) is 23.2 Å². The molecule has 3 aromatic carbocycles. The van der Waals surface area contributed by atoms with Gasteiger partial charge >= 0.3 is 11.9 Å². The van der Waals surface area contributed by atoms with Gasteiger partial charge in [-0.05, 0) is 71.8 Å². The summed E-state index contributed by atoms with van der Waals surface area (Å²) >= 11 is 0. The van der Waals surface area contributed by atoms with Gasteiger partial charge in [0.25, 0.3) is 0 Å². The summed E-state index contributed by atoms with van der Waals surface area (Å²) in [7, 11) is 6.16. The number of methoxy groups -OCH3 is 4. The largest absolute Gasteiger partial charge is 0.493 e. The van der Waals surface area contributed by atoms with E-state index in [0.29, 0.717) is 45.3 Å². The molecule has 0 spiro atoms. The average molecular weight is 541 g/mol. The molecule has 5 rings (SSSR count). The van der Waals surface area contributed by atoms with Gasteiger partial charge < -0.3 is 28.4 Å². The maximum absolute atomic E-state index is 12.5. The van der Waals surface area contributed by atoms with Crippen molar-refractivity contribution >= 4 is 35.9 Å². The lowest BCUT2D eigenvalue weighted by Gasteiger charge is -2.07. The van der Waals surface area contributed by atoms with Crippen LogP contribution in [0.3, 0.4) is 0 Å². The van der Waals surface area contributed by atoms with Crippen molar-refractivity contribution in [2.45, 2.75) is 0 Å². The molecule has 0 aromatic heterocycles. The van der Waals surface area contributed by atoms with Crippen LogP contribution in [-0.2, 0) is 19.1 Å². The van der Waals surface area contributed by atoms with Gasteiger partial charge in [0.05, 0.1) is 28.4 Å². The minimum Gasteiger partial charge on any atom is -0.493 e. The highest BCUT2D eigenvalue weighted by atomic mass is 16.6. The lowest BCUT2D eigenvalue weighted by Crippen LogP contribution is -2.07. The molecule has 3 aromatic rings. The van der Waals surface area contributed by atoms with E-state index in [2.05, 4.69) is 9.98 Å². The highest BCUT2D eigenvalue weighted by Gasteiger charge is 2.27. The Morgan fingerprint density at radius 2 is 0.925 bits per heavy atom. The van der Waals surface area contributed by atoms with Crippen LogP contribution in [0.2, 0.25) is 0 Å². The molecule has 2 aliphatic rings. The van der Waals surface area contributed by atoms with Crippen molar-refractivity contribution in [2.24, 2.45) is 9.98 Å². The number of benzene rings is 3. The van der Waals surface area contributed by atoms with Crippen molar-refractivity contribution in [3.63, 3.8) is 0 Å². The highest BCUT2D eigenvalue weighted by Crippen LogP contribution is 2.31. The summed E-state index contributed by atoms with van der Waals surface area (Å²) in [6.45, 7) is 0. The molecule has 202 valence electrons. The number of nitrogens with zero attached hydrogens (tertiary/aromatic N) is 2. The van der Waals surface area contributed by atoms with Crippen LogP contribution in [0.5, 0.6) is 23.0 Å². The van der Waals surface area contributed by atoms with Crippen LogP contribution in [0.25, 0.3) is 12.2 Å². The molecule has 0 saturated carbocycles. The number of rotatable bonds is 8. The van der Waals surface area contributed by atoms with Crippen molar-refractivity contribution in [3.05, 3.63) is 94.3 Å². The van der Waals surface area contributed by atoms with Crippen molar-refractivity contribution in [1.29, 1.82) is 0 Å². The smallest absolute Gasteiger partial charge is 0.363 e. The summed E-state index contributed by atoms with van der Waals surface area (Å²) in [6, 6.07) is 17.3. The minimum atomic E-state index is -0.576. The molecular weight excluding hydrogens is 516 g/mol. The third kappa shape index (κ3) is 5.28. The Morgan fingerprint density at radius 1 is 0.550 bits per heavy atom. The average Bonchev–Trinajstić information content (AvgIpc) is 3.54. The first-order valence-corrected chi connectivity index (χ1v) is 12.0. The van der Waals surface area contributed by atoms with Gasteiger partial charge in [-0.15, -0.1) is 0 Å². The molecule has 0 N–H and O–H groups in total. The van der Waals surface area contributed by atoms with Crippen molar-refractivity contribution < 1.29 is 38.0 Å². The second kappa shape index (κ2) is 11.2. The molecule has 0 radical (unpaired) electrons. The van der Waals surface area contributed by atoms with E-state index >= 15 is 0 Å². The zero-order valence-corrected chi connectivity index (χ0v) is 22.1. The Bertz CT molecular complexity index is 1500. The Morgan fingerprint density at radius 3 is 1.27 bits per heavy atom. The first-order chi connectivity index (χ1) is 19.4. The Labute approximate surface area is 229 Å². The summed E-state index contributed by atoms with van der Waals surface area (Å²) in [5, 5.41) is 0. The molecular formula is C30H24N2O8. The Hall–Kier alpha value is -5.38. The number of aliphatic imine (C=N–C) groups is 2. The molecule has 0 aliphatic carbocycles. The van der Waals surface area contributed by atoms with E-state index in [1.54, 1.807) is 87.0 Å². The van der Waals surface area contributed by atoms with Crippen LogP contribution in [0, 0.1) is 0 Å². The number of carbonyl (C=O) groups is 2. The van der Waals surface area contributed by atoms with Gasteiger partial charge in [-0.2, -0.15) is 0 Å². The molecule has 40 heavy (non-hydrogen) atoms. The van der Waals surface area contributed by atoms with E-state index < -0.39 is 11.9 Å². The van der Waals surface area contributed by atoms with Crippen molar-refractivity contribution in [2.75, 3.05) is 28.4 Å². The lowest BCUT2D eigenvalue weighted by molar-refractivity contribution is -0.130. The normalized spacial score (nSPS) is 16.4. The molecule has 0 unspecified atom stereocenters. The molecule has 0 saturated heterocycles. The summed E-state index contributed by atoms with van der Waals surface area (Å²) < 4.78 is 31.9. The van der Waals surface area contributed by atoms with E-state index in [4.69, 9.17) is 28.4 Å². The summed E-state index contributed by atoms with van der Waals surface area (Å²) in [5.41, 5.74) is 2.82. The highest BCUT2D eigenvalue weighted by molar-refractivity contribution is 6.14. The van der Waals surface area contributed by atoms with E-state index in [1.807, 2.05) is 0 Å². The lowest BCUT2D eigenvalue weighted by atomic mass is 10.1. The van der Waals surface area contributed by atoms with Gasteiger partial charge in [-0.1, -0.05) is 12.1 Å². The predicted molar refractivity (Wildman–Crippen MR) is 147 cm³/mol. The van der Waals surface area contributed by atoms with Crippen LogP contribution >= 0.6 is 0 Å². The second-order valence-corrected chi connectivity index (χ2v) is 8.48. The first kappa shape index (κ1) is 26.2. The SMILES string of the molecule is COc1ccc(C=C2N=C(c3ccc(C4=NC(=Cc5ccc(OC)c(OC)c5)C(=O)O4)cc3)OC2=O)cc1OC. The van der Waals surface area contributed by atoms with Gasteiger partial charge in [0, 0.05) is 11.1 Å². The van der Waals surface area contributed by atoms with E-state index in [1.165, 1.54) is 14.2 Å². The van der Waals surface area contributed by atoms with Gasteiger partial charge in [-0.25, -0.2) is 19.6 Å². The van der Waals surface area contributed by atoms with E-state index in [0.717, 1.165) is 0 Å². The molecule has 0 amide bonds. The number of ether oxygens (including phenoxy) is 6. The van der Waals surface area contributed by atoms with Crippen LogP contribution in [-0.4, -0.2) is 52.2 Å². The van der Waals surface area contributed by atoms with Crippen LogP contribution < -0.4 is 18.9 Å². The van der Waals surface area contributed by atoms with E-state index in [9.17, 15) is 9.59 Å². The van der Waals surface area contributed by atoms with Gasteiger partial charge in [0.2, 0.25) is 11.8 Å². The molecule has 2 aliphatic heterocycles. The predicted octanol–water partition coefficient (Wildman–Crippen LogP) is 4.41. The first-order valence-electron chi connectivity index (χ1n) is 12.0. The summed E-state index contributed by atoms with van der Waals surface area (Å²) in [4.78, 5) is 33.6. The molecule has 0 fully saturated rings. The Kier molecular flexibility index (Phi) is 7.32. The zero-order chi connectivity index (χ0) is 28.2. The van der Waals surface area contributed by atoms with Crippen LogP contribution in [0.4, 0.5) is 0 Å². The monoisotopic (exact) mass is 540 g/mol. The molecule has 10 heteroatoms. The minimum absolute atomic E-state index is 0.144. The summed E-state index contributed by atoms with van der Waals surface area (Å²) in [5.74, 6) is 1.36. The van der Waals surface area contributed by atoms with Gasteiger partial charge in [0.1, 0.15) is 0 Å². The number of carbonyl (C=O) groups excluding carboxylic acids is 2. The van der Waals surface area contributed by atoms with Crippen LogP contribution in [0.1, 0.15) is 22.3 Å². The number of esters is 2. The molecule has 0 bridgehead atoms. The standard InChI is InChI=1S/C30H24N2O8/c1-35-23-11-5-17(15-25(23)37-3)13-21-29(33)39-27(31-21)19-7-9-20(10-8-19)28-32-22(30(34)40-28)14-18-6-12-24(36-2)26(16-18)38-4/h5-16H,1-4H3. The number of cyclic esters (lactones) is 2. The third-order valence-electron chi connectivity index (χ3n) is 6.04. The maximum atomic E-state index is 12.5. The topological polar surface area (TPSA) is 114 Å². The van der Waals surface area contributed by atoms with Gasteiger partial charge in [0.15, 0.2) is 34.4 Å². The maximum Gasteiger partial charge on any atom is 0.363 e. The van der Waals surface area contributed by atoms with Crippen molar-refractivity contribution in [1.82, 2.24) is 0 Å². The molecule has 2 heterocycles. The fraction of sp³-hybridized carbons (Fsp3) is 0.133. The second-order valence-electron chi connectivity index (χ2n) is 8.48. The molecule has 0 atom stereocenters. The fourth-order valence-corrected chi connectivity index (χ4v) is 4.02. The zero-order valence-electron chi connectivity index (χ0n) is 22.1. The number of hydrogen-bond acceptors (Lipinski definition) is 10. The fourth-order valence-electron chi connectivity index (χ4n) is 4.02.